The standard InChI is InChI=1S/C19H32ClN3O5S/c1-19(2,3)28-18(24)22-10-6-8-16(14-27-4)21-11-12-23-29(25,26)17-9-5-7-15(20)13-17/h5,7,9,13,16,21,23H,6,8,10-12,14H2,1-4H3,(H,22,24). The van der Waals surface area contributed by atoms with E-state index in [4.69, 9.17) is 21.1 Å². The third-order valence-electron chi connectivity index (χ3n) is 3.72. The number of nitrogens with one attached hydrogen (secondary N) is 3. The van der Waals surface area contributed by atoms with Crippen LogP contribution in [0.1, 0.15) is 33.6 Å². The summed E-state index contributed by atoms with van der Waals surface area (Å²) in [5.41, 5.74) is -0.525. The highest BCUT2D eigenvalue weighted by molar-refractivity contribution is 7.89. The Morgan fingerprint density at radius 1 is 1.21 bits per heavy atom. The second-order valence-electron chi connectivity index (χ2n) is 7.53. The van der Waals surface area contributed by atoms with Gasteiger partial charge in [0.25, 0.3) is 0 Å². The lowest BCUT2D eigenvalue weighted by Gasteiger charge is -2.20. The Labute approximate surface area is 178 Å². The summed E-state index contributed by atoms with van der Waals surface area (Å²) < 4.78 is 37.4. The van der Waals surface area contributed by atoms with Crippen LogP contribution in [0.3, 0.4) is 0 Å². The summed E-state index contributed by atoms with van der Waals surface area (Å²) in [6, 6.07) is 6.15. The van der Waals surface area contributed by atoms with E-state index < -0.39 is 21.7 Å². The van der Waals surface area contributed by atoms with Gasteiger partial charge in [0, 0.05) is 37.8 Å². The van der Waals surface area contributed by atoms with Gasteiger partial charge in [0.15, 0.2) is 0 Å². The summed E-state index contributed by atoms with van der Waals surface area (Å²) in [5, 5.41) is 6.34. The largest absolute Gasteiger partial charge is 0.444 e. The van der Waals surface area contributed by atoms with E-state index in [0.29, 0.717) is 24.7 Å². The van der Waals surface area contributed by atoms with Gasteiger partial charge >= 0.3 is 6.09 Å². The summed E-state index contributed by atoms with van der Waals surface area (Å²) in [5.74, 6) is 0. The molecule has 0 aromatic heterocycles. The van der Waals surface area contributed by atoms with E-state index in [1.807, 2.05) is 20.8 Å². The number of amides is 1. The molecular formula is C19H32ClN3O5S. The molecule has 0 saturated heterocycles. The number of hydrogen-bond donors (Lipinski definition) is 3. The van der Waals surface area contributed by atoms with Gasteiger partial charge in [-0.15, -0.1) is 0 Å². The number of rotatable bonds is 12. The van der Waals surface area contributed by atoms with Gasteiger partial charge in [-0.05, 0) is 51.8 Å². The monoisotopic (exact) mass is 449 g/mol. The number of carbonyl (C=O) groups excluding carboxylic acids is 1. The highest BCUT2D eigenvalue weighted by Gasteiger charge is 2.16. The van der Waals surface area contributed by atoms with E-state index in [0.717, 1.165) is 12.8 Å². The van der Waals surface area contributed by atoms with Crippen LogP contribution in [0.5, 0.6) is 0 Å². The molecule has 1 aromatic rings. The predicted octanol–water partition coefficient (Wildman–Crippen LogP) is 2.53. The lowest BCUT2D eigenvalue weighted by molar-refractivity contribution is 0.0526. The summed E-state index contributed by atoms with van der Waals surface area (Å²) in [4.78, 5) is 11.8. The molecular weight excluding hydrogens is 418 g/mol. The van der Waals surface area contributed by atoms with E-state index >= 15 is 0 Å². The van der Waals surface area contributed by atoms with Gasteiger partial charge in [-0.2, -0.15) is 0 Å². The maximum Gasteiger partial charge on any atom is 0.407 e. The Bertz CT molecular complexity index is 738. The van der Waals surface area contributed by atoms with Crippen LogP contribution >= 0.6 is 11.6 Å². The number of hydrogen-bond acceptors (Lipinski definition) is 6. The van der Waals surface area contributed by atoms with E-state index in [-0.39, 0.29) is 17.5 Å². The quantitative estimate of drug-likeness (QED) is 0.423. The number of halogens is 1. The third kappa shape index (κ3) is 11.4. The van der Waals surface area contributed by atoms with Crippen molar-refractivity contribution >= 4 is 27.7 Å². The van der Waals surface area contributed by atoms with E-state index in [2.05, 4.69) is 15.4 Å². The fraction of sp³-hybridized carbons (Fsp3) is 0.632. The minimum atomic E-state index is -3.61. The molecule has 0 aliphatic rings. The molecule has 1 unspecified atom stereocenters. The molecule has 10 heteroatoms. The summed E-state index contributed by atoms with van der Waals surface area (Å²) in [6.07, 6.45) is 1.04. The van der Waals surface area contributed by atoms with Crippen molar-refractivity contribution in [3.8, 4) is 0 Å². The molecule has 0 bridgehead atoms. The van der Waals surface area contributed by atoms with Crippen molar-refractivity contribution < 1.29 is 22.7 Å². The molecule has 1 atom stereocenters. The molecule has 0 fully saturated rings. The van der Waals surface area contributed by atoms with Crippen molar-refractivity contribution in [1.29, 1.82) is 0 Å². The van der Waals surface area contributed by atoms with E-state index in [9.17, 15) is 13.2 Å². The molecule has 0 saturated carbocycles. The predicted molar refractivity (Wildman–Crippen MR) is 114 cm³/mol. The average Bonchev–Trinajstić information content (AvgIpc) is 2.60. The fourth-order valence-corrected chi connectivity index (χ4v) is 3.81. The van der Waals surface area contributed by atoms with E-state index in [1.54, 1.807) is 19.2 Å². The Kier molecular flexibility index (Phi) is 10.9. The molecule has 0 aliphatic heterocycles. The summed E-state index contributed by atoms with van der Waals surface area (Å²) >= 11 is 5.85. The Morgan fingerprint density at radius 2 is 1.93 bits per heavy atom. The minimum absolute atomic E-state index is 0.0381. The molecule has 0 aliphatic carbocycles. The first kappa shape index (κ1) is 25.6. The number of ether oxygens (including phenoxy) is 2. The Morgan fingerprint density at radius 3 is 2.55 bits per heavy atom. The lowest BCUT2D eigenvalue weighted by Crippen LogP contribution is -2.40. The highest BCUT2D eigenvalue weighted by atomic mass is 35.5. The van der Waals surface area contributed by atoms with Crippen LogP contribution in [-0.4, -0.2) is 59.5 Å². The Balaban J connectivity index is 2.32. The molecule has 0 heterocycles. The van der Waals surface area contributed by atoms with Gasteiger partial charge in [0.05, 0.1) is 11.5 Å². The van der Waals surface area contributed by atoms with Gasteiger partial charge in [-0.3, -0.25) is 0 Å². The number of carbonyl (C=O) groups is 1. The number of benzene rings is 1. The lowest BCUT2D eigenvalue weighted by atomic mass is 10.1. The molecule has 3 N–H and O–H groups in total. The smallest absolute Gasteiger partial charge is 0.407 e. The number of methoxy groups -OCH3 is 1. The van der Waals surface area contributed by atoms with Crippen LogP contribution in [0.15, 0.2) is 29.2 Å². The zero-order chi connectivity index (χ0) is 21.9. The summed E-state index contributed by atoms with van der Waals surface area (Å²) in [7, 11) is -2.00. The Hall–Kier alpha value is -1.39. The zero-order valence-electron chi connectivity index (χ0n) is 17.5. The first-order chi connectivity index (χ1) is 13.5. The minimum Gasteiger partial charge on any atom is -0.444 e. The zero-order valence-corrected chi connectivity index (χ0v) is 19.0. The average molecular weight is 450 g/mol. The first-order valence-electron chi connectivity index (χ1n) is 9.48. The topological polar surface area (TPSA) is 106 Å². The van der Waals surface area contributed by atoms with Crippen LogP contribution in [-0.2, 0) is 19.5 Å². The van der Waals surface area contributed by atoms with Crippen molar-refractivity contribution in [2.75, 3.05) is 33.4 Å². The second-order valence-corrected chi connectivity index (χ2v) is 9.74. The van der Waals surface area contributed by atoms with Gasteiger partial charge in [0.2, 0.25) is 10.0 Å². The molecule has 8 nitrogen and oxygen atoms in total. The SMILES string of the molecule is COCC(CCCNC(=O)OC(C)(C)C)NCCNS(=O)(=O)c1cccc(Cl)c1. The van der Waals surface area contributed by atoms with Crippen LogP contribution in [0.25, 0.3) is 0 Å². The van der Waals surface area contributed by atoms with E-state index in [1.165, 1.54) is 12.1 Å². The van der Waals surface area contributed by atoms with Crippen LogP contribution in [0.2, 0.25) is 5.02 Å². The fourth-order valence-electron chi connectivity index (χ4n) is 2.48. The molecule has 1 rings (SSSR count). The highest BCUT2D eigenvalue weighted by Crippen LogP contribution is 2.14. The van der Waals surface area contributed by atoms with Gasteiger partial charge in [0.1, 0.15) is 5.60 Å². The van der Waals surface area contributed by atoms with Gasteiger partial charge in [-0.25, -0.2) is 17.9 Å². The van der Waals surface area contributed by atoms with Crippen molar-refractivity contribution in [3.63, 3.8) is 0 Å². The van der Waals surface area contributed by atoms with Crippen molar-refractivity contribution in [1.82, 2.24) is 15.4 Å². The van der Waals surface area contributed by atoms with Gasteiger partial charge < -0.3 is 20.1 Å². The molecule has 29 heavy (non-hydrogen) atoms. The maximum absolute atomic E-state index is 12.3. The van der Waals surface area contributed by atoms with Crippen molar-refractivity contribution in [2.24, 2.45) is 0 Å². The normalized spacial score (nSPS) is 13.1. The molecule has 1 amide bonds. The van der Waals surface area contributed by atoms with Crippen molar-refractivity contribution in [2.45, 2.75) is 50.2 Å². The van der Waals surface area contributed by atoms with Crippen LogP contribution in [0.4, 0.5) is 4.79 Å². The number of sulfonamides is 1. The van der Waals surface area contributed by atoms with Crippen LogP contribution < -0.4 is 15.4 Å². The van der Waals surface area contributed by atoms with Crippen LogP contribution in [0, 0.1) is 0 Å². The second kappa shape index (κ2) is 12.3. The first-order valence-corrected chi connectivity index (χ1v) is 11.3. The van der Waals surface area contributed by atoms with Crippen molar-refractivity contribution in [3.05, 3.63) is 29.3 Å². The number of alkyl carbamates (subject to hydrolysis) is 1. The third-order valence-corrected chi connectivity index (χ3v) is 5.42. The maximum atomic E-state index is 12.3. The molecule has 166 valence electrons. The molecule has 1 aromatic carbocycles. The molecule has 0 radical (unpaired) electrons. The summed E-state index contributed by atoms with van der Waals surface area (Å²) in [6.45, 7) is 7.06. The van der Waals surface area contributed by atoms with Gasteiger partial charge in [-0.1, -0.05) is 17.7 Å². The molecule has 0 spiro atoms.